The highest BCUT2D eigenvalue weighted by Crippen LogP contribution is 2.22. The zero-order chi connectivity index (χ0) is 13.2. The fourth-order valence-corrected chi connectivity index (χ4v) is 2.60. The number of nitrogens with one attached hydrogen (secondary N) is 1. The predicted octanol–water partition coefficient (Wildman–Crippen LogP) is 3.78. The monoisotopic (exact) mass is 292 g/mol. The van der Waals surface area contributed by atoms with Crippen LogP contribution in [0.5, 0.6) is 0 Å². The third-order valence-corrected chi connectivity index (χ3v) is 3.67. The van der Waals surface area contributed by atoms with Crippen molar-refractivity contribution in [1.29, 1.82) is 0 Å². The molecule has 0 amide bonds. The number of fused-ring (bicyclic) bond motifs is 1. The first-order valence-electron chi connectivity index (χ1n) is 5.57. The third kappa shape index (κ3) is 2.67. The Kier molecular flexibility index (Phi) is 3.31. The van der Waals surface area contributed by atoms with Crippen molar-refractivity contribution in [3.05, 3.63) is 47.4 Å². The number of Topliss-reactive ketones (excluding diaryl/α,β-unsaturated/α-hetero) is 1. The van der Waals surface area contributed by atoms with Crippen LogP contribution in [0.25, 0.3) is 11.0 Å². The SMILES string of the molecule is O=C(CSc1nc2ccc(Cl)cc2[nH]1)c1ccco1. The Morgan fingerprint density at radius 3 is 3.11 bits per heavy atom. The maximum absolute atomic E-state index is 11.8. The standard InChI is InChI=1S/C13H9ClN2O2S/c14-8-3-4-9-10(6-8)16-13(15-9)19-7-11(17)12-2-1-5-18-12/h1-6H,7H2,(H,15,16). The summed E-state index contributed by atoms with van der Waals surface area (Å²) in [4.78, 5) is 19.3. The van der Waals surface area contributed by atoms with Gasteiger partial charge in [0.25, 0.3) is 0 Å². The molecule has 0 aliphatic carbocycles. The number of hydrogen-bond donors (Lipinski definition) is 1. The van der Waals surface area contributed by atoms with E-state index in [1.165, 1.54) is 18.0 Å². The molecule has 0 aliphatic heterocycles. The van der Waals surface area contributed by atoms with Gasteiger partial charge in [-0.05, 0) is 30.3 Å². The van der Waals surface area contributed by atoms with Gasteiger partial charge in [0.2, 0.25) is 5.78 Å². The van der Waals surface area contributed by atoms with Gasteiger partial charge in [-0.1, -0.05) is 23.4 Å². The molecule has 1 aromatic carbocycles. The molecule has 0 saturated heterocycles. The van der Waals surface area contributed by atoms with Gasteiger partial charge in [0.05, 0.1) is 23.0 Å². The van der Waals surface area contributed by atoms with Crippen molar-refractivity contribution in [2.45, 2.75) is 5.16 Å². The van der Waals surface area contributed by atoms with Gasteiger partial charge in [0.15, 0.2) is 10.9 Å². The average molecular weight is 293 g/mol. The molecule has 0 atom stereocenters. The number of furan rings is 1. The Hall–Kier alpha value is -1.72. The van der Waals surface area contributed by atoms with Gasteiger partial charge in [-0.2, -0.15) is 0 Å². The number of imidazole rings is 1. The van der Waals surface area contributed by atoms with Crippen LogP contribution >= 0.6 is 23.4 Å². The highest BCUT2D eigenvalue weighted by atomic mass is 35.5. The molecular formula is C13H9ClN2O2S. The topological polar surface area (TPSA) is 58.9 Å². The number of aromatic nitrogens is 2. The Morgan fingerprint density at radius 2 is 2.32 bits per heavy atom. The lowest BCUT2D eigenvalue weighted by molar-refractivity contribution is 0.0992. The molecule has 0 spiro atoms. The summed E-state index contributed by atoms with van der Waals surface area (Å²) in [7, 11) is 0. The van der Waals surface area contributed by atoms with E-state index in [0.29, 0.717) is 15.9 Å². The minimum absolute atomic E-state index is 0.0616. The van der Waals surface area contributed by atoms with Gasteiger partial charge in [0.1, 0.15) is 0 Å². The zero-order valence-corrected chi connectivity index (χ0v) is 11.3. The van der Waals surface area contributed by atoms with E-state index < -0.39 is 0 Å². The van der Waals surface area contributed by atoms with E-state index in [0.717, 1.165) is 11.0 Å². The second-order valence-electron chi connectivity index (χ2n) is 3.89. The predicted molar refractivity (Wildman–Crippen MR) is 74.9 cm³/mol. The molecule has 0 radical (unpaired) electrons. The number of nitrogens with zero attached hydrogens (tertiary/aromatic N) is 1. The van der Waals surface area contributed by atoms with Crippen molar-refractivity contribution in [2.24, 2.45) is 0 Å². The van der Waals surface area contributed by atoms with Gasteiger partial charge < -0.3 is 9.40 Å². The molecular weight excluding hydrogens is 284 g/mol. The summed E-state index contributed by atoms with van der Waals surface area (Å²) in [6.45, 7) is 0. The minimum Gasteiger partial charge on any atom is -0.461 e. The first-order valence-corrected chi connectivity index (χ1v) is 6.93. The Labute approximate surface area is 118 Å². The van der Waals surface area contributed by atoms with Crippen molar-refractivity contribution in [1.82, 2.24) is 9.97 Å². The molecule has 2 heterocycles. The second kappa shape index (κ2) is 5.11. The number of ketones is 1. The van der Waals surface area contributed by atoms with Crippen molar-refractivity contribution >= 4 is 40.2 Å². The summed E-state index contributed by atoms with van der Waals surface area (Å²) < 4.78 is 5.05. The van der Waals surface area contributed by atoms with Crippen LogP contribution in [0.4, 0.5) is 0 Å². The molecule has 2 aromatic heterocycles. The van der Waals surface area contributed by atoms with Crippen LogP contribution in [0, 0.1) is 0 Å². The van der Waals surface area contributed by atoms with Crippen molar-refractivity contribution < 1.29 is 9.21 Å². The fraction of sp³-hybridized carbons (Fsp3) is 0.0769. The number of halogens is 1. The zero-order valence-electron chi connectivity index (χ0n) is 9.72. The highest BCUT2D eigenvalue weighted by molar-refractivity contribution is 7.99. The molecule has 4 nitrogen and oxygen atoms in total. The van der Waals surface area contributed by atoms with Gasteiger partial charge in [-0.15, -0.1) is 0 Å². The summed E-state index contributed by atoms with van der Waals surface area (Å²) in [5, 5.41) is 1.34. The Balaban J connectivity index is 1.73. The maximum atomic E-state index is 11.8. The average Bonchev–Trinajstić information content (AvgIpc) is 3.04. The van der Waals surface area contributed by atoms with Crippen LogP contribution in [-0.4, -0.2) is 21.5 Å². The van der Waals surface area contributed by atoms with Crippen LogP contribution in [0.15, 0.2) is 46.2 Å². The molecule has 0 saturated carbocycles. The van der Waals surface area contributed by atoms with Crippen molar-refractivity contribution in [2.75, 3.05) is 5.75 Å². The molecule has 19 heavy (non-hydrogen) atoms. The molecule has 0 bridgehead atoms. The molecule has 96 valence electrons. The van der Waals surface area contributed by atoms with E-state index in [4.69, 9.17) is 16.0 Å². The summed E-state index contributed by atoms with van der Waals surface area (Å²) in [6, 6.07) is 8.78. The molecule has 0 unspecified atom stereocenters. The van der Waals surface area contributed by atoms with Crippen LogP contribution in [0.3, 0.4) is 0 Å². The van der Waals surface area contributed by atoms with Crippen LogP contribution in [0.2, 0.25) is 5.02 Å². The normalized spacial score (nSPS) is 11.0. The van der Waals surface area contributed by atoms with Crippen molar-refractivity contribution in [3.63, 3.8) is 0 Å². The minimum atomic E-state index is -0.0616. The number of rotatable bonds is 4. The smallest absolute Gasteiger partial charge is 0.208 e. The van der Waals surface area contributed by atoms with Crippen LogP contribution in [0.1, 0.15) is 10.6 Å². The number of H-pyrrole nitrogens is 1. The quantitative estimate of drug-likeness (QED) is 0.587. The van der Waals surface area contributed by atoms with E-state index in [9.17, 15) is 4.79 Å². The summed E-state index contributed by atoms with van der Waals surface area (Å²) in [5.74, 6) is 0.585. The third-order valence-electron chi connectivity index (χ3n) is 2.56. The first kappa shape index (κ1) is 12.3. The highest BCUT2D eigenvalue weighted by Gasteiger charge is 2.11. The molecule has 1 N–H and O–H groups in total. The largest absolute Gasteiger partial charge is 0.461 e. The number of aromatic amines is 1. The number of carbonyl (C=O) groups is 1. The van der Waals surface area contributed by atoms with Gasteiger partial charge in [-0.3, -0.25) is 4.79 Å². The maximum Gasteiger partial charge on any atom is 0.208 e. The molecule has 3 rings (SSSR count). The summed E-state index contributed by atoms with van der Waals surface area (Å²) in [6.07, 6.45) is 1.49. The van der Waals surface area contributed by atoms with Gasteiger partial charge in [0, 0.05) is 5.02 Å². The van der Waals surface area contributed by atoms with E-state index in [-0.39, 0.29) is 11.5 Å². The number of hydrogen-bond acceptors (Lipinski definition) is 4. The van der Waals surface area contributed by atoms with E-state index in [1.54, 1.807) is 18.2 Å². The molecule has 0 aliphatic rings. The van der Waals surface area contributed by atoms with Gasteiger partial charge >= 0.3 is 0 Å². The first-order chi connectivity index (χ1) is 9.22. The molecule has 6 heteroatoms. The van der Waals surface area contributed by atoms with Gasteiger partial charge in [-0.25, -0.2) is 4.98 Å². The number of thioether (sulfide) groups is 1. The van der Waals surface area contributed by atoms with E-state index >= 15 is 0 Å². The number of benzene rings is 1. The van der Waals surface area contributed by atoms with Crippen LogP contribution in [-0.2, 0) is 0 Å². The lowest BCUT2D eigenvalue weighted by Crippen LogP contribution is -2.00. The van der Waals surface area contributed by atoms with E-state index in [1.807, 2.05) is 12.1 Å². The second-order valence-corrected chi connectivity index (χ2v) is 5.29. The fourth-order valence-electron chi connectivity index (χ4n) is 1.67. The lowest BCUT2D eigenvalue weighted by atomic mass is 10.3. The van der Waals surface area contributed by atoms with E-state index in [2.05, 4.69) is 9.97 Å². The lowest BCUT2D eigenvalue weighted by Gasteiger charge is -1.94. The summed E-state index contributed by atoms with van der Waals surface area (Å²) >= 11 is 7.24. The van der Waals surface area contributed by atoms with Crippen LogP contribution < -0.4 is 0 Å². The Morgan fingerprint density at radius 1 is 1.42 bits per heavy atom. The van der Waals surface area contributed by atoms with Crippen molar-refractivity contribution in [3.8, 4) is 0 Å². The summed E-state index contributed by atoms with van der Waals surface area (Å²) in [5.41, 5.74) is 1.69. The molecule has 3 aromatic rings. The number of carbonyl (C=O) groups excluding carboxylic acids is 1. The molecule has 0 fully saturated rings. The Bertz CT molecular complexity index is 721.